The smallest absolute Gasteiger partial charge is 0.0213 e. The van der Waals surface area contributed by atoms with Crippen LogP contribution in [-0.4, -0.2) is 6.04 Å². The Kier molecular flexibility index (Phi) is 4.45. The lowest BCUT2D eigenvalue weighted by Crippen LogP contribution is -2.32. The van der Waals surface area contributed by atoms with Crippen LogP contribution in [0.5, 0.6) is 0 Å². The van der Waals surface area contributed by atoms with E-state index in [4.69, 9.17) is 0 Å². The zero-order valence-corrected chi connectivity index (χ0v) is 12.3. The van der Waals surface area contributed by atoms with E-state index in [1.54, 1.807) is 0 Å². The van der Waals surface area contributed by atoms with Crippen LogP contribution in [0.3, 0.4) is 0 Å². The van der Waals surface area contributed by atoms with E-state index in [0.717, 1.165) is 18.4 Å². The standard InChI is InChI=1S/C17H27N/c1-5-15-9-10-17(14(15)4)18-11-16-12(2)7-6-8-13(16)3/h6-8,14-15,17-18H,5,9-11H2,1-4H3. The summed E-state index contributed by atoms with van der Waals surface area (Å²) in [7, 11) is 0. The number of aryl methyl sites for hydroxylation is 2. The van der Waals surface area contributed by atoms with Crippen molar-refractivity contribution in [2.75, 3.05) is 0 Å². The van der Waals surface area contributed by atoms with Crippen molar-refractivity contribution < 1.29 is 0 Å². The minimum absolute atomic E-state index is 0.717. The Labute approximate surface area is 112 Å². The van der Waals surface area contributed by atoms with Crippen LogP contribution >= 0.6 is 0 Å². The fourth-order valence-electron chi connectivity index (χ4n) is 3.47. The van der Waals surface area contributed by atoms with Gasteiger partial charge in [0.15, 0.2) is 0 Å². The molecule has 0 aliphatic heterocycles. The summed E-state index contributed by atoms with van der Waals surface area (Å²) in [5.74, 6) is 1.76. The first kappa shape index (κ1) is 13.6. The summed E-state index contributed by atoms with van der Waals surface area (Å²) in [5.41, 5.74) is 4.32. The number of benzene rings is 1. The van der Waals surface area contributed by atoms with E-state index in [2.05, 4.69) is 51.2 Å². The minimum atomic E-state index is 0.717. The van der Waals surface area contributed by atoms with Crippen LogP contribution < -0.4 is 5.32 Å². The first-order valence-corrected chi connectivity index (χ1v) is 7.42. The number of rotatable bonds is 4. The molecule has 0 bridgehead atoms. The quantitative estimate of drug-likeness (QED) is 0.837. The number of hydrogen-bond acceptors (Lipinski definition) is 1. The third-order valence-electron chi connectivity index (χ3n) is 4.94. The molecule has 0 radical (unpaired) electrons. The van der Waals surface area contributed by atoms with Crippen molar-refractivity contribution in [1.82, 2.24) is 5.32 Å². The summed E-state index contributed by atoms with van der Waals surface area (Å²) >= 11 is 0. The van der Waals surface area contributed by atoms with Crippen molar-refractivity contribution in [3.05, 3.63) is 34.9 Å². The molecule has 2 rings (SSSR count). The van der Waals surface area contributed by atoms with Crippen LogP contribution in [0.25, 0.3) is 0 Å². The van der Waals surface area contributed by atoms with Gasteiger partial charge in [-0.3, -0.25) is 0 Å². The van der Waals surface area contributed by atoms with Gasteiger partial charge in [-0.2, -0.15) is 0 Å². The highest BCUT2D eigenvalue weighted by Gasteiger charge is 2.30. The monoisotopic (exact) mass is 245 g/mol. The molecule has 1 N–H and O–H groups in total. The van der Waals surface area contributed by atoms with Gasteiger partial charge in [0, 0.05) is 12.6 Å². The third kappa shape index (κ3) is 2.77. The van der Waals surface area contributed by atoms with Crippen LogP contribution in [0.1, 0.15) is 49.8 Å². The van der Waals surface area contributed by atoms with Gasteiger partial charge in [-0.05, 0) is 55.2 Å². The maximum Gasteiger partial charge on any atom is 0.0213 e. The van der Waals surface area contributed by atoms with Gasteiger partial charge in [0.25, 0.3) is 0 Å². The molecular weight excluding hydrogens is 218 g/mol. The van der Waals surface area contributed by atoms with Gasteiger partial charge >= 0.3 is 0 Å². The fraction of sp³-hybridized carbons (Fsp3) is 0.647. The predicted octanol–water partition coefficient (Wildman–Crippen LogP) is 4.22. The van der Waals surface area contributed by atoms with Gasteiger partial charge in [-0.25, -0.2) is 0 Å². The average Bonchev–Trinajstić information content (AvgIpc) is 2.70. The minimum Gasteiger partial charge on any atom is -0.310 e. The van der Waals surface area contributed by atoms with Gasteiger partial charge in [0.05, 0.1) is 0 Å². The number of hydrogen-bond donors (Lipinski definition) is 1. The van der Waals surface area contributed by atoms with Crippen LogP contribution in [0.15, 0.2) is 18.2 Å². The van der Waals surface area contributed by atoms with Crippen molar-refractivity contribution >= 4 is 0 Å². The van der Waals surface area contributed by atoms with E-state index in [1.165, 1.54) is 36.0 Å². The predicted molar refractivity (Wildman–Crippen MR) is 78.7 cm³/mol. The Morgan fingerprint density at radius 3 is 2.39 bits per heavy atom. The largest absolute Gasteiger partial charge is 0.310 e. The maximum absolute atomic E-state index is 3.79. The van der Waals surface area contributed by atoms with Gasteiger partial charge < -0.3 is 5.32 Å². The molecule has 1 aliphatic rings. The van der Waals surface area contributed by atoms with Crippen molar-refractivity contribution in [1.29, 1.82) is 0 Å². The van der Waals surface area contributed by atoms with Crippen molar-refractivity contribution in [2.24, 2.45) is 11.8 Å². The molecule has 1 aliphatic carbocycles. The fourth-order valence-corrected chi connectivity index (χ4v) is 3.47. The molecule has 1 fully saturated rings. The highest BCUT2D eigenvalue weighted by atomic mass is 14.9. The summed E-state index contributed by atoms with van der Waals surface area (Å²) in [4.78, 5) is 0. The second-order valence-corrected chi connectivity index (χ2v) is 5.96. The molecule has 0 spiro atoms. The highest BCUT2D eigenvalue weighted by Crippen LogP contribution is 2.34. The molecule has 100 valence electrons. The van der Waals surface area contributed by atoms with E-state index in [0.29, 0.717) is 6.04 Å². The third-order valence-corrected chi connectivity index (χ3v) is 4.94. The van der Waals surface area contributed by atoms with Gasteiger partial charge in [0.1, 0.15) is 0 Å². The normalized spacial score (nSPS) is 27.7. The Morgan fingerprint density at radius 1 is 1.17 bits per heavy atom. The Balaban J connectivity index is 1.96. The summed E-state index contributed by atoms with van der Waals surface area (Å²) in [6.45, 7) is 10.2. The molecule has 0 aromatic heterocycles. The Morgan fingerprint density at radius 2 is 1.83 bits per heavy atom. The van der Waals surface area contributed by atoms with Crippen LogP contribution in [0.2, 0.25) is 0 Å². The van der Waals surface area contributed by atoms with Gasteiger partial charge in [-0.15, -0.1) is 0 Å². The van der Waals surface area contributed by atoms with Gasteiger partial charge in [0.2, 0.25) is 0 Å². The first-order valence-electron chi connectivity index (χ1n) is 7.42. The van der Waals surface area contributed by atoms with E-state index in [1.807, 2.05) is 0 Å². The topological polar surface area (TPSA) is 12.0 Å². The summed E-state index contributed by atoms with van der Waals surface area (Å²) < 4.78 is 0. The molecule has 1 heteroatoms. The molecule has 1 nitrogen and oxygen atoms in total. The molecular formula is C17H27N. The molecule has 0 saturated heterocycles. The van der Waals surface area contributed by atoms with Crippen molar-refractivity contribution in [2.45, 2.75) is 59.5 Å². The molecule has 0 heterocycles. The summed E-state index contributed by atoms with van der Waals surface area (Å²) in [5, 5.41) is 3.79. The maximum atomic E-state index is 3.79. The lowest BCUT2D eigenvalue weighted by atomic mass is 9.93. The van der Waals surface area contributed by atoms with Crippen molar-refractivity contribution in [3.8, 4) is 0 Å². The molecule has 18 heavy (non-hydrogen) atoms. The molecule has 0 amide bonds. The molecule has 1 saturated carbocycles. The molecule has 1 aromatic rings. The number of nitrogens with one attached hydrogen (secondary N) is 1. The first-order chi connectivity index (χ1) is 8.63. The lowest BCUT2D eigenvalue weighted by Gasteiger charge is -2.22. The molecule has 3 atom stereocenters. The second kappa shape index (κ2) is 5.88. The van der Waals surface area contributed by atoms with E-state index in [-0.39, 0.29) is 0 Å². The van der Waals surface area contributed by atoms with E-state index in [9.17, 15) is 0 Å². The Hall–Kier alpha value is -0.820. The SMILES string of the molecule is CCC1CCC(NCc2c(C)cccc2C)C1C. The molecule has 1 aromatic carbocycles. The average molecular weight is 245 g/mol. The summed E-state index contributed by atoms with van der Waals surface area (Å²) in [6, 6.07) is 7.31. The van der Waals surface area contributed by atoms with Crippen LogP contribution in [-0.2, 0) is 6.54 Å². The van der Waals surface area contributed by atoms with Crippen LogP contribution in [0, 0.1) is 25.7 Å². The van der Waals surface area contributed by atoms with Gasteiger partial charge in [-0.1, -0.05) is 38.5 Å². The molecule has 3 unspecified atom stereocenters. The Bertz CT molecular complexity index is 376. The van der Waals surface area contributed by atoms with E-state index >= 15 is 0 Å². The lowest BCUT2D eigenvalue weighted by molar-refractivity contribution is 0.344. The van der Waals surface area contributed by atoms with Crippen molar-refractivity contribution in [3.63, 3.8) is 0 Å². The van der Waals surface area contributed by atoms with Crippen LogP contribution in [0.4, 0.5) is 0 Å². The zero-order chi connectivity index (χ0) is 13.1. The highest BCUT2D eigenvalue weighted by molar-refractivity contribution is 5.33. The van der Waals surface area contributed by atoms with E-state index < -0.39 is 0 Å². The zero-order valence-electron chi connectivity index (χ0n) is 12.3. The summed E-state index contributed by atoms with van der Waals surface area (Å²) in [6.07, 6.45) is 4.09. The second-order valence-electron chi connectivity index (χ2n) is 5.96.